The largest absolute Gasteiger partial charge is 0.332 e. The molecule has 0 aliphatic rings. The molecule has 0 amide bonds. The van der Waals surface area contributed by atoms with E-state index in [-0.39, 0.29) is 10.4 Å². The number of nitrogens with zero attached hydrogens (tertiary/aromatic N) is 1. The lowest BCUT2D eigenvalue weighted by atomic mass is 9.98. The van der Waals surface area contributed by atoms with Gasteiger partial charge in [-0.05, 0) is 5.41 Å². The molecule has 17 heavy (non-hydrogen) atoms. The van der Waals surface area contributed by atoms with Gasteiger partial charge in [-0.25, -0.2) is 18.1 Å². The van der Waals surface area contributed by atoms with Crippen molar-refractivity contribution in [3.05, 3.63) is 12.0 Å². The zero-order valence-corrected chi connectivity index (χ0v) is 12.7. The molecule has 0 fully saturated rings. The Hall–Kier alpha value is -0.400. The summed E-state index contributed by atoms with van der Waals surface area (Å²) in [6.45, 7) is 6.25. The summed E-state index contributed by atoms with van der Waals surface area (Å²) >= 11 is 3.36. The van der Waals surface area contributed by atoms with Crippen LogP contribution in [0, 0.1) is 5.41 Å². The van der Waals surface area contributed by atoms with Crippen LogP contribution in [0.3, 0.4) is 0 Å². The number of sulfonamides is 1. The standard InChI is InChI=1S/C10H18BrN3O2S/c1-4-8-12-5-9(14-8)17(15,16)13-7-10(2,3)6-11/h5,13H,4,6-7H2,1-3H3,(H,12,14). The molecule has 0 aromatic carbocycles. The molecular weight excluding hydrogens is 306 g/mol. The van der Waals surface area contributed by atoms with Crippen LogP contribution in [0.2, 0.25) is 0 Å². The van der Waals surface area contributed by atoms with Crippen molar-refractivity contribution in [3.63, 3.8) is 0 Å². The molecule has 0 spiro atoms. The molecule has 0 aliphatic carbocycles. The summed E-state index contributed by atoms with van der Waals surface area (Å²) in [5.41, 5.74) is -0.124. The second-order valence-electron chi connectivity index (χ2n) is 4.67. The van der Waals surface area contributed by atoms with Crippen LogP contribution in [0.15, 0.2) is 11.2 Å². The van der Waals surface area contributed by atoms with Crippen molar-refractivity contribution in [1.29, 1.82) is 0 Å². The summed E-state index contributed by atoms with van der Waals surface area (Å²) in [6.07, 6.45) is 2.03. The smallest absolute Gasteiger partial charge is 0.257 e. The third kappa shape index (κ3) is 4.08. The van der Waals surface area contributed by atoms with E-state index in [0.29, 0.717) is 18.8 Å². The van der Waals surface area contributed by atoms with Gasteiger partial charge in [0.05, 0.1) is 6.20 Å². The monoisotopic (exact) mass is 323 g/mol. The summed E-state index contributed by atoms with van der Waals surface area (Å²) in [6, 6.07) is 0. The van der Waals surface area contributed by atoms with E-state index in [1.54, 1.807) is 0 Å². The SMILES string of the molecule is CCc1ncc(S(=O)(=O)NCC(C)(C)CBr)[nH]1. The third-order valence-corrected chi connectivity index (χ3v) is 5.16. The molecule has 98 valence electrons. The first kappa shape index (κ1) is 14.7. The van der Waals surface area contributed by atoms with Crippen molar-refractivity contribution in [2.24, 2.45) is 5.41 Å². The number of H-pyrrole nitrogens is 1. The lowest BCUT2D eigenvalue weighted by Crippen LogP contribution is -2.35. The van der Waals surface area contributed by atoms with Crippen molar-refractivity contribution >= 4 is 26.0 Å². The molecule has 0 aliphatic heterocycles. The minimum absolute atomic E-state index is 0.124. The van der Waals surface area contributed by atoms with Gasteiger partial charge in [-0.1, -0.05) is 36.7 Å². The van der Waals surface area contributed by atoms with Crippen LogP contribution in [0.4, 0.5) is 0 Å². The minimum Gasteiger partial charge on any atom is -0.332 e. The fourth-order valence-corrected chi connectivity index (χ4v) is 2.45. The Morgan fingerprint density at radius 2 is 2.18 bits per heavy atom. The van der Waals surface area contributed by atoms with Crippen molar-refractivity contribution in [1.82, 2.24) is 14.7 Å². The van der Waals surface area contributed by atoms with Crippen LogP contribution < -0.4 is 4.72 Å². The second-order valence-corrected chi connectivity index (χ2v) is 6.97. The van der Waals surface area contributed by atoms with E-state index >= 15 is 0 Å². The minimum atomic E-state index is -3.48. The van der Waals surface area contributed by atoms with Crippen LogP contribution >= 0.6 is 15.9 Å². The number of aromatic amines is 1. The number of hydrogen-bond acceptors (Lipinski definition) is 3. The van der Waals surface area contributed by atoms with E-state index in [0.717, 1.165) is 5.33 Å². The molecule has 0 atom stereocenters. The van der Waals surface area contributed by atoms with E-state index < -0.39 is 10.0 Å². The first-order chi connectivity index (χ1) is 7.80. The summed E-state index contributed by atoms with van der Waals surface area (Å²) < 4.78 is 26.4. The predicted molar refractivity (Wildman–Crippen MR) is 70.7 cm³/mol. The Labute approximate surface area is 111 Å². The number of nitrogens with one attached hydrogen (secondary N) is 2. The van der Waals surface area contributed by atoms with Crippen molar-refractivity contribution in [3.8, 4) is 0 Å². The Morgan fingerprint density at radius 3 is 2.65 bits per heavy atom. The van der Waals surface area contributed by atoms with Gasteiger partial charge in [0.2, 0.25) is 0 Å². The zero-order chi connectivity index (χ0) is 13.1. The number of alkyl halides is 1. The van der Waals surface area contributed by atoms with Crippen molar-refractivity contribution in [2.45, 2.75) is 32.2 Å². The van der Waals surface area contributed by atoms with E-state index in [1.807, 2.05) is 20.8 Å². The van der Waals surface area contributed by atoms with E-state index in [9.17, 15) is 8.42 Å². The highest BCUT2D eigenvalue weighted by Crippen LogP contribution is 2.17. The molecular formula is C10H18BrN3O2S. The lowest BCUT2D eigenvalue weighted by Gasteiger charge is -2.21. The van der Waals surface area contributed by atoms with Gasteiger partial charge < -0.3 is 4.98 Å². The summed E-state index contributed by atoms with van der Waals surface area (Å²) in [4.78, 5) is 6.77. The first-order valence-electron chi connectivity index (χ1n) is 5.40. The number of imidazole rings is 1. The molecule has 1 aromatic rings. The molecule has 0 saturated carbocycles. The fraction of sp³-hybridized carbons (Fsp3) is 0.700. The molecule has 7 heteroatoms. The highest BCUT2D eigenvalue weighted by Gasteiger charge is 2.22. The van der Waals surface area contributed by atoms with Crippen LogP contribution in [0.1, 0.15) is 26.6 Å². The molecule has 1 aromatic heterocycles. The van der Waals surface area contributed by atoms with Gasteiger partial charge in [-0.3, -0.25) is 0 Å². The normalized spacial score (nSPS) is 12.9. The number of hydrogen-bond donors (Lipinski definition) is 2. The summed E-state index contributed by atoms with van der Waals surface area (Å²) in [5.74, 6) is 0.671. The zero-order valence-electron chi connectivity index (χ0n) is 10.2. The van der Waals surface area contributed by atoms with E-state index in [4.69, 9.17) is 0 Å². The van der Waals surface area contributed by atoms with Gasteiger partial charge in [0.1, 0.15) is 5.82 Å². The molecule has 0 radical (unpaired) electrons. The Bertz CT molecular complexity index is 468. The average Bonchev–Trinajstić information content (AvgIpc) is 2.76. The molecule has 1 heterocycles. The second kappa shape index (κ2) is 5.49. The topological polar surface area (TPSA) is 74.8 Å². The highest BCUT2D eigenvalue weighted by atomic mass is 79.9. The average molecular weight is 324 g/mol. The molecule has 0 saturated heterocycles. The van der Waals surface area contributed by atoms with Crippen molar-refractivity contribution < 1.29 is 8.42 Å². The first-order valence-corrected chi connectivity index (χ1v) is 8.01. The van der Waals surface area contributed by atoms with Crippen LogP contribution in [0.25, 0.3) is 0 Å². The Balaban J connectivity index is 2.76. The van der Waals surface area contributed by atoms with Gasteiger partial charge in [-0.2, -0.15) is 0 Å². The Kier molecular flexibility index (Phi) is 4.74. The van der Waals surface area contributed by atoms with Crippen LogP contribution in [-0.2, 0) is 16.4 Å². The maximum Gasteiger partial charge on any atom is 0.257 e. The number of aromatic nitrogens is 2. The number of halogens is 1. The maximum atomic E-state index is 11.9. The van der Waals surface area contributed by atoms with Gasteiger partial charge in [-0.15, -0.1) is 0 Å². The van der Waals surface area contributed by atoms with Gasteiger partial charge in [0, 0.05) is 18.3 Å². The van der Waals surface area contributed by atoms with Crippen LogP contribution in [-0.4, -0.2) is 30.3 Å². The number of rotatable bonds is 6. The quantitative estimate of drug-likeness (QED) is 0.782. The molecule has 2 N–H and O–H groups in total. The van der Waals surface area contributed by atoms with Gasteiger partial charge in [0.25, 0.3) is 10.0 Å². The van der Waals surface area contributed by atoms with Crippen LogP contribution in [0.5, 0.6) is 0 Å². The van der Waals surface area contributed by atoms with E-state index in [1.165, 1.54) is 6.20 Å². The molecule has 1 rings (SSSR count). The number of aryl methyl sites for hydroxylation is 1. The third-order valence-electron chi connectivity index (χ3n) is 2.33. The fourth-order valence-electron chi connectivity index (χ4n) is 1.07. The van der Waals surface area contributed by atoms with Gasteiger partial charge >= 0.3 is 0 Å². The molecule has 5 nitrogen and oxygen atoms in total. The molecule has 0 bridgehead atoms. The lowest BCUT2D eigenvalue weighted by molar-refractivity contribution is 0.419. The Morgan fingerprint density at radius 1 is 1.53 bits per heavy atom. The highest BCUT2D eigenvalue weighted by molar-refractivity contribution is 9.09. The maximum absolute atomic E-state index is 11.9. The predicted octanol–water partition coefficient (Wildman–Crippen LogP) is 1.67. The summed E-state index contributed by atoms with van der Waals surface area (Å²) in [5, 5.41) is 0.853. The molecule has 0 unspecified atom stereocenters. The van der Waals surface area contributed by atoms with Crippen molar-refractivity contribution in [2.75, 3.05) is 11.9 Å². The van der Waals surface area contributed by atoms with E-state index in [2.05, 4.69) is 30.6 Å². The summed E-state index contributed by atoms with van der Waals surface area (Å²) in [7, 11) is -3.48. The van der Waals surface area contributed by atoms with Gasteiger partial charge in [0.15, 0.2) is 5.03 Å².